The van der Waals surface area contributed by atoms with Gasteiger partial charge in [-0.05, 0) is 37.6 Å². The van der Waals surface area contributed by atoms with Crippen LogP contribution in [0.15, 0.2) is 18.5 Å². The maximum Gasteiger partial charge on any atom is 0.0313 e. The Morgan fingerprint density at radius 2 is 2.12 bits per heavy atom. The number of pyridine rings is 1. The van der Waals surface area contributed by atoms with Crippen LogP contribution in [0.5, 0.6) is 0 Å². The van der Waals surface area contributed by atoms with Gasteiger partial charge in [-0.25, -0.2) is 0 Å². The van der Waals surface area contributed by atoms with Gasteiger partial charge in [0.15, 0.2) is 0 Å². The van der Waals surface area contributed by atoms with Crippen molar-refractivity contribution >= 4 is 0 Å². The molecule has 0 saturated carbocycles. The van der Waals surface area contributed by atoms with E-state index in [1.54, 1.807) is 0 Å². The second-order valence-corrected chi connectivity index (χ2v) is 5.21. The lowest BCUT2D eigenvalue weighted by atomic mass is 10.2. The number of rotatable bonds is 7. The molecule has 0 radical (unpaired) electrons. The van der Waals surface area contributed by atoms with Crippen LogP contribution in [0.1, 0.15) is 25.0 Å². The van der Waals surface area contributed by atoms with Crippen molar-refractivity contribution in [3.63, 3.8) is 0 Å². The maximum atomic E-state index is 4.21. The van der Waals surface area contributed by atoms with Crippen molar-refractivity contribution in [1.82, 2.24) is 15.2 Å². The summed E-state index contributed by atoms with van der Waals surface area (Å²) in [7, 11) is 2.15. The molecule has 0 unspecified atom stereocenters. The lowest BCUT2D eigenvalue weighted by Crippen LogP contribution is -2.30. The molecule has 17 heavy (non-hydrogen) atoms. The summed E-state index contributed by atoms with van der Waals surface area (Å²) in [6, 6.07) is 2.20. The first-order chi connectivity index (χ1) is 8.08. The van der Waals surface area contributed by atoms with Crippen LogP contribution in [-0.2, 0) is 6.54 Å². The molecular weight excluding hydrogens is 210 g/mol. The Bertz CT molecular complexity index is 323. The Labute approximate surface area is 105 Å². The van der Waals surface area contributed by atoms with Gasteiger partial charge in [0.2, 0.25) is 0 Å². The molecule has 0 fully saturated rings. The van der Waals surface area contributed by atoms with Crippen molar-refractivity contribution in [3.8, 4) is 0 Å². The third kappa shape index (κ3) is 6.39. The van der Waals surface area contributed by atoms with Gasteiger partial charge in [-0.1, -0.05) is 19.9 Å². The van der Waals surface area contributed by atoms with E-state index in [4.69, 9.17) is 0 Å². The summed E-state index contributed by atoms with van der Waals surface area (Å²) >= 11 is 0. The van der Waals surface area contributed by atoms with Crippen LogP contribution in [0.4, 0.5) is 0 Å². The minimum absolute atomic E-state index is 0.723. The van der Waals surface area contributed by atoms with Crippen LogP contribution in [0.25, 0.3) is 0 Å². The maximum absolute atomic E-state index is 4.21. The monoisotopic (exact) mass is 235 g/mol. The van der Waals surface area contributed by atoms with Gasteiger partial charge in [0, 0.05) is 32.0 Å². The predicted octanol–water partition coefficient (Wildman–Crippen LogP) is 2.07. The Balaban J connectivity index is 2.23. The molecule has 3 nitrogen and oxygen atoms in total. The fourth-order valence-electron chi connectivity index (χ4n) is 1.76. The van der Waals surface area contributed by atoms with Gasteiger partial charge in [0.05, 0.1) is 0 Å². The molecule has 0 bridgehead atoms. The van der Waals surface area contributed by atoms with Crippen LogP contribution in [0.3, 0.4) is 0 Å². The molecule has 0 atom stereocenters. The van der Waals surface area contributed by atoms with E-state index in [1.807, 2.05) is 12.4 Å². The van der Waals surface area contributed by atoms with Crippen molar-refractivity contribution in [2.45, 2.75) is 27.3 Å². The molecule has 0 saturated heterocycles. The Hall–Kier alpha value is -0.930. The average Bonchev–Trinajstić information content (AvgIpc) is 2.24. The van der Waals surface area contributed by atoms with E-state index in [1.165, 1.54) is 11.1 Å². The van der Waals surface area contributed by atoms with Crippen molar-refractivity contribution in [2.24, 2.45) is 5.92 Å². The minimum Gasteiger partial charge on any atom is -0.315 e. The molecule has 1 N–H and O–H groups in total. The highest BCUT2D eigenvalue weighted by Crippen LogP contribution is 2.03. The third-order valence-electron chi connectivity index (χ3n) is 2.61. The van der Waals surface area contributed by atoms with Crippen LogP contribution in [0, 0.1) is 12.8 Å². The van der Waals surface area contributed by atoms with Gasteiger partial charge in [-0.3, -0.25) is 4.98 Å². The second kappa shape index (κ2) is 7.41. The van der Waals surface area contributed by atoms with Gasteiger partial charge in [0.25, 0.3) is 0 Å². The zero-order valence-corrected chi connectivity index (χ0v) is 11.5. The number of nitrogens with zero attached hydrogens (tertiary/aromatic N) is 2. The van der Waals surface area contributed by atoms with E-state index in [0.717, 1.165) is 32.1 Å². The molecule has 1 aromatic rings. The summed E-state index contributed by atoms with van der Waals surface area (Å²) in [6.07, 6.45) is 3.85. The highest BCUT2D eigenvalue weighted by Gasteiger charge is 2.01. The van der Waals surface area contributed by atoms with Crippen molar-refractivity contribution < 1.29 is 0 Å². The molecule has 0 aliphatic heterocycles. The lowest BCUT2D eigenvalue weighted by molar-refractivity contribution is 0.321. The molecule has 0 amide bonds. The molecule has 96 valence electrons. The SMILES string of the molecule is Cc1cncc(CN(C)CCNCC(C)C)c1. The van der Waals surface area contributed by atoms with E-state index in [2.05, 4.69) is 49.1 Å². The molecule has 3 heteroatoms. The quantitative estimate of drug-likeness (QED) is 0.733. The van der Waals surface area contributed by atoms with Gasteiger partial charge < -0.3 is 10.2 Å². The first-order valence-corrected chi connectivity index (χ1v) is 6.37. The van der Waals surface area contributed by atoms with E-state index >= 15 is 0 Å². The zero-order valence-electron chi connectivity index (χ0n) is 11.5. The lowest BCUT2D eigenvalue weighted by Gasteiger charge is -2.17. The summed E-state index contributed by atoms with van der Waals surface area (Å²) in [5.41, 5.74) is 2.52. The summed E-state index contributed by atoms with van der Waals surface area (Å²) in [6.45, 7) is 10.7. The van der Waals surface area contributed by atoms with E-state index in [0.29, 0.717) is 0 Å². The van der Waals surface area contributed by atoms with Gasteiger partial charge >= 0.3 is 0 Å². The van der Waals surface area contributed by atoms with Crippen molar-refractivity contribution in [1.29, 1.82) is 0 Å². The summed E-state index contributed by atoms with van der Waals surface area (Å²) in [5, 5.41) is 3.46. The summed E-state index contributed by atoms with van der Waals surface area (Å²) in [5.74, 6) is 0.723. The Morgan fingerprint density at radius 3 is 2.76 bits per heavy atom. The number of aryl methyl sites for hydroxylation is 1. The molecule has 1 heterocycles. The molecule has 1 rings (SSSR count). The molecule has 0 aliphatic rings. The summed E-state index contributed by atoms with van der Waals surface area (Å²) in [4.78, 5) is 6.54. The fraction of sp³-hybridized carbons (Fsp3) is 0.643. The first kappa shape index (κ1) is 14.1. The standard InChI is InChI=1S/C14H25N3/c1-12(2)8-15-5-6-17(4)11-14-7-13(3)9-16-10-14/h7,9-10,12,15H,5-6,8,11H2,1-4H3. The highest BCUT2D eigenvalue weighted by molar-refractivity contribution is 5.16. The number of aromatic nitrogens is 1. The Morgan fingerprint density at radius 1 is 1.35 bits per heavy atom. The van der Waals surface area contributed by atoms with Crippen LogP contribution < -0.4 is 5.32 Å². The van der Waals surface area contributed by atoms with Crippen molar-refractivity contribution in [3.05, 3.63) is 29.6 Å². The number of hydrogen-bond acceptors (Lipinski definition) is 3. The minimum atomic E-state index is 0.723. The van der Waals surface area contributed by atoms with Crippen LogP contribution >= 0.6 is 0 Å². The van der Waals surface area contributed by atoms with E-state index in [9.17, 15) is 0 Å². The topological polar surface area (TPSA) is 28.2 Å². The molecular formula is C14H25N3. The van der Waals surface area contributed by atoms with Gasteiger partial charge in [-0.2, -0.15) is 0 Å². The molecule has 0 aliphatic carbocycles. The van der Waals surface area contributed by atoms with Crippen LogP contribution in [0.2, 0.25) is 0 Å². The zero-order chi connectivity index (χ0) is 12.7. The highest BCUT2D eigenvalue weighted by atomic mass is 15.1. The van der Waals surface area contributed by atoms with E-state index in [-0.39, 0.29) is 0 Å². The predicted molar refractivity (Wildman–Crippen MR) is 73.0 cm³/mol. The Kier molecular flexibility index (Phi) is 6.16. The molecule has 0 aromatic carbocycles. The van der Waals surface area contributed by atoms with E-state index < -0.39 is 0 Å². The normalized spacial score (nSPS) is 11.4. The summed E-state index contributed by atoms with van der Waals surface area (Å²) < 4.78 is 0. The third-order valence-corrected chi connectivity index (χ3v) is 2.61. The van der Waals surface area contributed by atoms with Gasteiger partial charge in [0.1, 0.15) is 0 Å². The van der Waals surface area contributed by atoms with Crippen LogP contribution in [-0.4, -0.2) is 36.6 Å². The number of nitrogens with one attached hydrogen (secondary N) is 1. The largest absolute Gasteiger partial charge is 0.315 e. The molecule has 1 aromatic heterocycles. The first-order valence-electron chi connectivity index (χ1n) is 6.37. The fourth-order valence-corrected chi connectivity index (χ4v) is 1.76. The smallest absolute Gasteiger partial charge is 0.0313 e. The van der Waals surface area contributed by atoms with Crippen molar-refractivity contribution in [2.75, 3.05) is 26.7 Å². The second-order valence-electron chi connectivity index (χ2n) is 5.21. The molecule has 0 spiro atoms. The average molecular weight is 235 g/mol. The number of hydrogen-bond donors (Lipinski definition) is 1. The van der Waals surface area contributed by atoms with Gasteiger partial charge in [-0.15, -0.1) is 0 Å². The number of likely N-dealkylation sites (N-methyl/N-ethyl adjacent to an activating group) is 1.